The largest absolute Gasteiger partial charge is 0.478 e. The molecule has 0 saturated heterocycles. The van der Waals surface area contributed by atoms with Crippen LogP contribution in [0.1, 0.15) is 23.1 Å². The van der Waals surface area contributed by atoms with Crippen LogP contribution in [0.2, 0.25) is 0 Å². The molecule has 0 aromatic carbocycles. The minimum absolute atomic E-state index is 0.221. The highest BCUT2D eigenvalue weighted by atomic mass is 32.1. The van der Waals surface area contributed by atoms with Gasteiger partial charge >= 0.3 is 12.1 Å². The van der Waals surface area contributed by atoms with Crippen LogP contribution in [0.4, 0.5) is 13.2 Å². The molecule has 3 nitrogen and oxygen atoms in total. The SMILES string of the molecule is CCCN(Cc1ccc(C=CC(=O)O)s1)CC(F)(F)F. The fraction of sp³-hybridized carbons (Fsp3) is 0.462. The zero-order chi connectivity index (χ0) is 15.2. The van der Waals surface area contributed by atoms with Gasteiger partial charge in [0.15, 0.2) is 0 Å². The van der Waals surface area contributed by atoms with Gasteiger partial charge in [-0.25, -0.2) is 4.79 Å². The summed E-state index contributed by atoms with van der Waals surface area (Å²) >= 11 is 1.30. The molecule has 1 N–H and O–H groups in total. The summed E-state index contributed by atoms with van der Waals surface area (Å²) in [5, 5.41) is 8.51. The Balaban J connectivity index is 2.67. The third-order valence-electron chi connectivity index (χ3n) is 2.39. The Labute approximate surface area is 119 Å². The topological polar surface area (TPSA) is 40.5 Å². The average molecular weight is 307 g/mol. The predicted molar refractivity (Wildman–Crippen MR) is 72.6 cm³/mol. The summed E-state index contributed by atoms with van der Waals surface area (Å²) in [6, 6.07) is 3.43. The number of rotatable bonds is 7. The summed E-state index contributed by atoms with van der Waals surface area (Å²) in [4.78, 5) is 13.2. The number of hydrogen-bond acceptors (Lipinski definition) is 3. The third kappa shape index (κ3) is 6.72. The molecule has 1 aromatic rings. The molecule has 0 bridgehead atoms. The Morgan fingerprint density at radius 1 is 1.45 bits per heavy atom. The van der Waals surface area contributed by atoms with Crippen molar-refractivity contribution in [1.82, 2.24) is 4.90 Å². The quantitative estimate of drug-likeness (QED) is 0.782. The molecule has 0 unspecified atom stereocenters. The van der Waals surface area contributed by atoms with Gasteiger partial charge in [0.1, 0.15) is 0 Å². The van der Waals surface area contributed by atoms with E-state index in [9.17, 15) is 18.0 Å². The summed E-state index contributed by atoms with van der Waals surface area (Å²) in [7, 11) is 0. The second kappa shape index (κ2) is 7.44. The van der Waals surface area contributed by atoms with Gasteiger partial charge in [0.2, 0.25) is 0 Å². The molecule has 20 heavy (non-hydrogen) atoms. The van der Waals surface area contributed by atoms with Crippen molar-refractivity contribution in [2.45, 2.75) is 26.1 Å². The van der Waals surface area contributed by atoms with Gasteiger partial charge in [-0.2, -0.15) is 13.2 Å². The van der Waals surface area contributed by atoms with Crippen molar-refractivity contribution in [3.05, 3.63) is 28.0 Å². The maximum absolute atomic E-state index is 12.4. The molecule has 0 spiro atoms. The molecule has 1 rings (SSSR count). The molecule has 0 saturated carbocycles. The smallest absolute Gasteiger partial charge is 0.401 e. The van der Waals surface area contributed by atoms with Crippen molar-refractivity contribution in [3.63, 3.8) is 0 Å². The third-order valence-corrected chi connectivity index (χ3v) is 3.43. The summed E-state index contributed by atoms with van der Waals surface area (Å²) in [5.41, 5.74) is 0. The van der Waals surface area contributed by atoms with E-state index in [0.29, 0.717) is 17.8 Å². The van der Waals surface area contributed by atoms with Crippen molar-refractivity contribution < 1.29 is 23.1 Å². The first-order valence-corrected chi connectivity index (χ1v) is 6.90. The first kappa shape index (κ1) is 16.7. The lowest BCUT2D eigenvalue weighted by Gasteiger charge is -2.22. The van der Waals surface area contributed by atoms with Crippen LogP contribution < -0.4 is 0 Å². The van der Waals surface area contributed by atoms with Gasteiger partial charge in [-0.1, -0.05) is 6.92 Å². The lowest BCUT2D eigenvalue weighted by atomic mass is 10.3. The number of carboxylic acids is 1. The van der Waals surface area contributed by atoms with Gasteiger partial charge in [0.25, 0.3) is 0 Å². The Hall–Kier alpha value is -1.34. The number of nitrogens with zero attached hydrogens (tertiary/aromatic N) is 1. The van der Waals surface area contributed by atoms with Crippen LogP contribution in [0, 0.1) is 0 Å². The van der Waals surface area contributed by atoms with Gasteiger partial charge in [-0.15, -0.1) is 11.3 Å². The molecule has 0 atom stereocenters. The number of thiophene rings is 1. The maximum atomic E-state index is 12.4. The van der Waals surface area contributed by atoms with E-state index in [2.05, 4.69) is 0 Å². The van der Waals surface area contributed by atoms with E-state index in [1.807, 2.05) is 6.92 Å². The highest BCUT2D eigenvalue weighted by Gasteiger charge is 2.30. The Kier molecular flexibility index (Phi) is 6.22. The summed E-state index contributed by atoms with van der Waals surface area (Å²) in [5.74, 6) is -1.05. The monoisotopic (exact) mass is 307 g/mol. The number of aliphatic carboxylic acids is 1. The molecule has 0 aliphatic carbocycles. The predicted octanol–water partition coefficient (Wildman–Crippen LogP) is 3.62. The Bertz CT molecular complexity index is 468. The molecule has 1 heterocycles. The van der Waals surface area contributed by atoms with Gasteiger partial charge in [-0.3, -0.25) is 4.90 Å². The van der Waals surface area contributed by atoms with E-state index in [-0.39, 0.29) is 6.54 Å². The fourth-order valence-electron chi connectivity index (χ4n) is 1.73. The first-order chi connectivity index (χ1) is 9.30. The van der Waals surface area contributed by atoms with Crippen LogP contribution >= 0.6 is 11.3 Å². The van der Waals surface area contributed by atoms with E-state index in [0.717, 1.165) is 11.0 Å². The van der Waals surface area contributed by atoms with Crippen LogP contribution in [-0.4, -0.2) is 35.2 Å². The molecule has 0 amide bonds. The normalized spacial score (nSPS) is 12.4. The minimum atomic E-state index is -4.21. The standard InChI is InChI=1S/C13H16F3NO2S/c1-2-7-17(9-13(14,15)16)8-11-4-3-10(20-11)5-6-12(18)19/h3-6H,2,7-9H2,1H3,(H,18,19). The van der Waals surface area contributed by atoms with Gasteiger partial charge < -0.3 is 5.11 Å². The number of hydrogen-bond donors (Lipinski definition) is 1. The molecule has 112 valence electrons. The van der Waals surface area contributed by atoms with Crippen molar-refractivity contribution in [3.8, 4) is 0 Å². The van der Waals surface area contributed by atoms with Crippen LogP contribution in [-0.2, 0) is 11.3 Å². The second-order valence-electron chi connectivity index (χ2n) is 4.30. The zero-order valence-corrected chi connectivity index (χ0v) is 11.8. The van der Waals surface area contributed by atoms with Crippen LogP contribution in [0.5, 0.6) is 0 Å². The van der Waals surface area contributed by atoms with Crippen LogP contribution in [0.15, 0.2) is 18.2 Å². The maximum Gasteiger partial charge on any atom is 0.401 e. The number of carboxylic acid groups (broad SMARTS) is 1. The van der Waals surface area contributed by atoms with E-state index in [4.69, 9.17) is 5.11 Å². The number of alkyl halides is 3. The van der Waals surface area contributed by atoms with Crippen molar-refractivity contribution in [2.24, 2.45) is 0 Å². The van der Waals surface area contributed by atoms with E-state index in [1.165, 1.54) is 22.3 Å². The first-order valence-electron chi connectivity index (χ1n) is 6.09. The molecule has 0 aliphatic heterocycles. The van der Waals surface area contributed by atoms with Crippen molar-refractivity contribution in [1.29, 1.82) is 0 Å². The summed E-state index contributed by atoms with van der Waals surface area (Å²) in [6.07, 6.45) is -1.12. The summed E-state index contributed by atoms with van der Waals surface area (Å²) in [6.45, 7) is 1.49. The van der Waals surface area contributed by atoms with Gasteiger partial charge in [-0.05, 0) is 31.2 Å². The Morgan fingerprint density at radius 3 is 2.70 bits per heavy atom. The molecule has 0 fully saturated rings. The molecule has 0 aliphatic rings. The lowest BCUT2D eigenvalue weighted by molar-refractivity contribution is -0.147. The molecule has 0 radical (unpaired) electrons. The van der Waals surface area contributed by atoms with Crippen LogP contribution in [0.3, 0.4) is 0 Å². The molecular formula is C13H16F3NO2S. The van der Waals surface area contributed by atoms with E-state index in [1.54, 1.807) is 12.1 Å². The fourth-order valence-corrected chi connectivity index (χ4v) is 2.68. The number of halogens is 3. The van der Waals surface area contributed by atoms with Crippen molar-refractivity contribution in [2.75, 3.05) is 13.1 Å². The molecule has 1 aromatic heterocycles. The average Bonchev–Trinajstić information content (AvgIpc) is 2.72. The lowest BCUT2D eigenvalue weighted by Crippen LogP contribution is -2.34. The van der Waals surface area contributed by atoms with Gasteiger partial charge in [0.05, 0.1) is 6.54 Å². The van der Waals surface area contributed by atoms with E-state index < -0.39 is 18.7 Å². The van der Waals surface area contributed by atoms with E-state index >= 15 is 0 Å². The second-order valence-corrected chi connectivity index (χ2v) is 5.50. The summed E-state index contributed by atoms with van der Waals surface area (Å²) < 4.78 is 37.3. The minimum Gasteiger partial charge on any atom is -0.478 e. The van der Waals surface area contributed by atoms with Crippen LogP contribution in [0.25, 0.3) is 6.08 Å². The molecular weight excluding hydrogens is 291 g/mol. The molecule has 7 heteroatoms. The highest BCUT2D eigenvalue weighted by Crippen LogP contribution is 2.22. The van der Waals surface area contributed by atoms with Gasteiger partial charge in [0, 0.05) is 22.4 Å². The Morgan fingerprint density at radius 2 is 2.15 bits per heavy atom. The van der Waals surface area contributed by atoms with Crippen molar-refractivity contribution >= 4 is 23.4 Å². The number of carbonyl (C=O) groups is 1. The highest BCUT2D eigenvalue weighted by molar-refractivity contribution is 7.12. The zero-order valence-electron chi connectivity index (χ0n) is 11.0.